The van der Waals surface area contributed by atoms with Crippen LogP contribution in [0.25, 0.3) is 0 Å². The van der Waals surface area contributed by atoms with Crippen molar-refractivity contribution < 1.29 is 0 Å². The number of rotatable bonds is 5. The van der Waals surface area contributed by atoms with Gasteiger partial charge in [0.1, 0.15) is 0 Å². The van der Waals surface area contributed by atoms with E-state index in [1.807, 2.05) is 12.4 Å². The van der Waals surface area contributed by atoms with E-state index in [2.05, 4.69) is 51.2 Å². The SMILES string of the molecule is CCCNCC1CCCN(C)C1c1cncc(Br)c1. The predicted molar refractivity (Wildman–Crippen MR) is 83.2 cm³/mol. The number of likely N-dealkylation sites (tertiary alicyclic amines) is 1. The first-order valence-corrected chi connectivity index (χ1v) is 8.03. The summed E-state index contributed by atoms with van der Waals surface area (Å²) in [5, 5.41) is 3.58. The topological polar surface area (TPSA) is 28.2 Å². The van der Waals surface area contributed by atoms with E-state index in [1.165, 1.54) is 31.4 Å². The standard InChI is InChI=1S/C15H24BrN3/c1-3-6-17-9-12-5-4-7-19(2)15(12)13-8-14(16)11-18-10-13/h8,10-12,15,17H,3-7,9H2,1-2H3. The van der Waals surface area contributed by atoms with E-state index in [0.29, 0.717) is 12.0 Å². The predicted octanol–water partition coefficient (Wildman–Crippen LogP) is 3.23. The number of piperidine rings is 1. The zero-order chi connectivity index (χ0) is 13.7. The first-order valence-electron chi connectivity index (χ1n) is 7.23. The number of nitrogens with zero attached hydrogens (tertiary/aromatic N) is 2. The van der Waals surface area contributed by atoms with Crippen LogP contribution in [-0.2, 0) is 0 Å². The van der Waals surface area contributed by atoms with Crippen molar-refractivity contribution in [2.45, 2.75) is 32.2 Å². The van der Waals surface area contributed by atoms with Gasteiger partial charge in [0, 0.05) is 22.9 Å². The molecule has 0 spiro atoms. The van der Waals surface area contributed by atoms with Crippen LogP contribution in [0.1, 0.15) is 37.8 Å². The molecule has 2 heterocycles. The van der Waals surface area contributed by atoms with E-state index in [-0.39, 0.29) is 0 Å². The van der Waals surface area contributed by atoms with Crippen LogP contribution in [0.4, 0.5) is 0 Å². The minimum absolute atomic E-state index is 0.489. The minimum Gasteiger partial charge on any atom is -0.316 e. The Morgan fingerprint density at radius 2 is 2.32 bits per heavy atom. The third-order valence-electron chi connectivity index (χ3n) is 3.91. The maximum absolute atomic E-state index is 4.33. The number of pyridine rings is 1. The first kappa shape index (κ1) is 14.9. The van der Waals surface area contributed by atoms with Gasteiger partial charge < -0.3 is 5.32 Å². The molecule has 106 valence electrons. The zero-order valence-electron chi connectivity index (χ0n) is 11.9. The molecule has 0 amide bonds. The number of halogens is 1. The molecule has 19 heavy (non-hydrogen) atoms. The van der Waals surface area contributed by atoms with Crippen LogP contribution in [-0.4, -0.2) is 36.6 Å². The highest BCUT2D eigenvalue weighted by molar-refractivity contribution is 9.10. The Bertz CT molecular complexity index is 397. The lowest BCUT2D eigenvalue weighted by Gasteiger charge is -2.39. The van der Waals surface area contributed by atoms with Gasteiger partial charge in [0.2, 0.25) is 0 Å². The summed E-state index contributed by atoms with van der Waals surface area (Å²) in [7, 11) is 2.23. The van der Waals surface area contributed by atoms with E-state index in [4.69, 9.17) is 0 Å². The maximum atomic E-state index is 4.33. The molecule has 2 atom stereocenters. The molecule has 0 aliphatic carbocycles. The van der Waals surface area contributed by atoms with Gasteiger partial charge >= 0.3 is 0 Å². The summed E-state index contributed by atoms with van der Waals surface area (Å²) >= 11 is 3.54. The van der Waals surface area contributed by atoms with Crippen LogP contribution in [0.5, 0.6) is 0 Å². The van der Waals surface area contributed by atoms with Gasteiger partial charge in [-0.2, -0.15) is 0 Å². The van der Waals surface area contributed by atoms with Gasteiger partial charge in [0.25, 0.3) is 0 Å². The second kappa shape index (κ2) is 7.36. The fraction of sp³-hybridized carbons (Fsp3) is 0.667. The van der Waals surface area contributed by atoms with Crippen LogP contribution < -0.4 is 5.32 Å². The monoisotopic (exact) mass is 325 g/mol. The molecule has 1 aliphatic rings. The highest BCUT2D eigenvalue weighted by Crippen LogP contribution is 2.35. The Hall–Kier alpha value is -0.450. The van der Waals surface area contributed by atoms with Crippen molar-refractivity contribution in [1.82, 2.24) is 15.2 Å². The molecule has 0 radical (unpaired) electrons. The Kier molecular flexibility index (Phi) is 5.79. The van der Waals surface area contributed by atoms with Gasteiger partial charge in [-0.25, -0.2) is 0 Å². The van der Waals surface area contributed by atoms with E-state index < -0.39 is 0 Å². The average molecular weight is 326 g/mol. The van der Waals surface area contributed by atoms with E-state index >= 15 is 0 Å². The van der Waals surface area contributed by atoms with Crippen molar-refractivity contribution in [2.75, 3.05) is 26.7 Å². The molecule has 1 aromatic heterocycles. The normalized spacial score (nSPS) is 24.6. The molecular formula is C15H24BrN3. The number of hydrogen-bond donors (Lipinski definition) is 1. The fourth-order valence-electron chi connectivity index (χ4n) is 3.05. The summed E-state index contributed by atoms with van der Waals surface area (Å²) in [5.41, 5.74) is 1.33. The largest absolute Gasteiger partial charge is 0.316 e. The average Bonchev–Trinajstić information content (AvgIpc) is 2.39. The van der Waals surface area contributed by atoms with Crippen molar-refractivity contribution in [3.63, 3.8) is 0 Å². The molecule has 0 saturated carbocycles. The highest BCUT2D eigenvalue weighted by Gasteiger charge is 2.30. The quantitative estimate of drug-likeness (QED) is 0.842. The fourth-order valence-corrected chi connectivity index (χ4v) is 3.44. The summed E-state index contributed by atoms with van der Waals surface area (Å²) in [6.07, 6.45) is 7.68. The number of hydrogen-bond acceptors (Lipinski definition) is 3. The summed E-state index contributed by atoms with van der Waals surface area (Å²) in [6.45, 7) is 5.62. The smallest absolute Gasteiger partial charge is 0.0410 e. The summed E-state index contributed by atoms with van der Waals surface area (Å²) < 4.78 is 1.07. The van der Waals surface area contributed by atoms with Gasteiger partial charge in [0.15, 0.2) is 0 Å². The van der Waals surface area contributed by atoms with Crippen LogP contribution >= 0.6 is 15.9 Å². The summed E-state index contributed by atoms with van der Waals surface area (Å²) in [6, 6.07) is 2.70. The van der Waals surface area contributed by atoms with Gasteiger partial charge in [0.05, 0.1) is 0 Å². The third-order valence-corrected chi connectivity index (χ3v) is 4.34. The molecule has 2 rings (SSSR count). The Balaban J connectivity index is 2.11. The summed E-state index contributed by atoms with van der Waals surface area (Å²) in [4.78, 5) is 6.81. The van der Waals surface area contributed by atoms with Crippen molar-refractivity contribution in [3.8, 4) is 0 Å². The lowest BCUT2D eigenvalue weighted by Crippen LogP contribution is -2.40. The van der Waals surface area contributed by atoms with E-state index in [1.54, 1.807) is 0 Å². The van der Waals surface area contributed by atoms with Crippen molar-refractivity contribution in [3.05, 3.63) is 28.5 Å². The van der Waals surface area contributed by atoms with Gasteiger partial charge in [-0.1, -0.05) is 6.92 Å². The molecule has 1 aliphatic heterocycles. The second-order valence-electron chi connectivity index (χ2n) is 5.47. The number of aromatic nitrogens is 1. The molecule has 1 N–H and O–H groups in total. The molecule has 1 saturated heterocycles. The Morgan fingerprint density at radius 3 is 3.05 bits per heavy atom. The molecule has 1 fully saturated rings. The molecule has 4 heteroatoms. The highest BCUT2D eigenvalue weighted by atomic mass is 79.9. The van der Waals surface area contributed by atoms with Crippen molar-refractivity contribution in [2.24, 2.45) is 5.92 Å². The Morgan fingerprint density at radius 1 is 1.47 bits per heavy atom. The lowest BCUT2D eigenvalue weighted by molar-refractivity contribution is 0.119. The van der Waals surface area contributed by atoms with E-state index in [9.17, 15) is 0 Å². The minimum atomic E-state index is 0.489. The molecule has 1 aromatic rings. The van der Waals surface area contributed by atoms with Gasteiger partial charge in [-0.15, -0.1) is 0 Å². The van der Waals surface area contributed by atoms with Crippen LogP contribution in [0.3, 0.4) is 0 Å². The second-order valence-corrected chi connectivity index (χ2v) is 6.38. The molecule has 2 unspecified atom stereocenters. The van der Waals surface area contributed by atoms with E-state index in [0.717, 1.165) is 17.6 Å². The molecule has 3 nitrogen and oxygen atoms in total. The zero-order valence-corrected chi connectivity index (χ0v) is 13.5. The third kappa shape index (κ3) is 4.01. The maximum Gasteiger partial charge on any atom is 0.0410 e. The Labute approximate surface area is 124 Å². The van der Waals surface area contributed by atoms with Crippen molar-refractivity contribution >= 4 is 15.9 Å². The first-order chi connectivity index (χ1) is 9.22. The van der Waals surface area contributed by atoms with Crippen LogP contribution in [0.15, 0.2) is 22.9 Å². The van der Waals surface area contributed by atoms with Crippen LogP contribution in [0, 0.1) is 5.92 Å². The summed E-state index contributed by atoms with van der Waals surface area (Å²) in [5.74, 6) is 0.682. The van der Waals surface area contributed by atoms with Gasteiger partial charge in [-0.05, 0) is 79.4 Å². The number of nitrogens with one attached hydrogen (secondary N) is 1. The van der Waals surface area contributed by atoms with Crippen LogP contribution in [0.2, 0.25) is 0 Å². The molecule has 0 aromatic carbocycles. The van der Waals surface area contributed by atoms with Crippen molar-refractivity contribution in [1.29, 1.82) is 0 Å². The lowest BCUT2D eigenvalue weighted by atomic mass is 9.85. The molecule has 0 bridgehead atoms. The molecular weight excluding hydrogens is 302 g/mol. The van der Waals surface area contributed by atoms with Gasteiger partial charge in [-0.3, -0.25) is 9.88 Å².